The summed E-state index contributed by atoms with van der Waals surface area (Å²) >= 11 is 0. The Labute approximate surface area is 216 Å². The Morgan fingerprint density at radius 2 is 1.61 bits per heavy atom. The van der Waals surface area contributed by atoms with Gasteiger partial charge in [0.15, 0.2) is 5.76 Å². The van der Waals surface area contributed by atoms with Crippen molar-refractivity contribution in [2.24, 2.45) is 0 Å². The molecular weight excluding hydrogens is 446 g/mol. The van der Waals surface area contributed by atoms with Crippen LogP contribution in [0.4, 0.5) is 0 Å². The lowest BCUT2D eigenvalue weighted by molar-refractivity contribution is 0.0703. The smallest absolute Gasteiger partial charge is 0.289 e. The standard InChI is InChI=1S/C32H41NO3/c1-23-19-27-28(32(4,5)16-15-31(27,2)3)21-25(23)20-26-13-14-29(36-26)30(35)33(17-9-10-18-34)22-24-11-7-6-8-12-24/h6-8,11-14,19,21,34H,9-10,15-18,20,22H2,1-5H3. The number of unbranched alkanes of at least 4 members (excludes halogenated alkanes) is 1. The molecule has 0 atom stereocenters. The van der Waals surface area contributed by atoms with Gasteiger partial charge in [0.1, 0.15) is 5.76 Å². The van der Waals surface area contributed by atoms with Crippen LogP contribution in [-0.4, -0.2) is 29.1 Å². The molecule has 4 heteroatoms. The van der Waals surface area contributed by atoms with Crippen LogP contribution in [0.1, 0.15) is 97.5 Å². The molecule has 4 rings (SSSR count). The molecule has 0 saturated carbocycles. The lowest BCUT2D eigenvalue weighted by atomic mass is 9.62. The van der Waals surface area contributed by atoms with Crippen LogP contribution in [0.25, 0.3) is 0 Å². The highest BCUT2D eigenvalue weighted by Gasteiger charge is 2.37. The molecule has 0 saturated heterocycles. The lowest BCUT2D eigenvalue weighted by Gasteiger charge is -2.42. The van der Waals surface area contributed by atoms with Gasteiger partial charge in [0.25, 0.3) is 5.91 Å². The van der Waals surface area contributed by atoms with Gasteiger partial charge in [-0.05, 0) is 83.4 Å². The summed E-state index contributed by atoms with van der Waals surface area (Å²) in [6.45, 7) is 12.8. The third-order valence-corrected chi connectivity index (χ3v) is 7.89. The van der Waals surface area contributed by atoms with Crippen LogP contribution in [0.2, 0.25) is 0 Å². The zero-order valence-electron chi connectivity index (χ0n) is 22.6. The van der Waals surface area contributed by atoms with Gasteiger partial charge in [-0.15, -0.1) is 0 Å². The molecule has 0 spiro atoms. The second kappa shape index (κ2) is 10.6. The average Bonchev–Trinajstić information content (AvgIpc) is 3.31. The zero-order valence-corrected chi connectivity index (χ0v) is 22.6. The highest BCUT2D eigenvalue weighted by atomic mass is 16.4. The Morgan fingerprint density at radius 1 is 0.944 bits per heavy atom. The molecule has 1 aliphatic rings. The fourth-order valence-electron chi connectivity index (χ4n) is 5.36. The van der Waals surface area contributed by atoms with Gasteiger partial charge in [0.2, 0.25) is 0 Å². The minimum Gasteiger partial charge on any atom is -0.456 e. The van der Waals surface area contributed by atoms with E-state index in [0.717, 1.165) is 17.7 Å². The molecule has 2 aromatic carbocycles. The molecule has 192 valence electrons. The van der Waals surface area contributed by atoms with Crippen molar-refractivity contribution in [3.8, 4) is 0 Å². The number of carbonyl (C=O) groups is 1. The van der Waals surface area contributed by atoms with Crippen molar-refractivity contribution in [2.75, 3.05) is 13.2 Å². The van der Waals surface area contributed by atoms with Crippen molar-refractivity contribution in [1.82, 2.24) is 4.90 Å². The van der Waals surface area contributed by atoms with E-state index in [2.05, 4.69) is 46.8 Å². The fraction of sp³-hybridized carbons (Fsp3) is 0.469. The minimum atomic E-state index is -0.104. The number of amides is 1. The van der Waals surface area contributed by atoms with Gasteiger partial charge in [-0.3, -0.25) is 4.79 Å². The number of aliphatic hydroxyl groups is 1. The van der Waals surface area contributed by atoms with E-state index in [1.54, 1.807) is 0 Å². The topological polar surface area (TPSA) is 53.7 Å². The summed E-state index contributed by atoms with van der Waals surface area (Å²) in [5.74, 6) is 1.08. The summed E-state index contributed by atoms with van der Waals surface area (Å²) in [5, 5.41) is 9.20. The minimum absolute atomic E-state index is 0.104. The van der Waals surface area contributed by atoms with E-state index in [9.17, 15) is 9.90 Å². The van der Waals surface area contributed by atoms with E-state index in [-0.39, 0.29) is 23.3 Å². The Morgan fingerprint density at radius 3 is 2.28 bits per heavy atom. The molecule has 3 aromatic rings. The van der Waals surface area contributed by atoms with Crippen LogP contribution in [0, 0.1) is 6.92 Å². The maximum atomic E-state index is 13.4. The molecule has 4 nitrogen and oxygen atoms in total. The van der Waals surface area contributed by atoms with E-state index < -0.39 is 0 Å². The van der Waals surface area contributed by atoms with Crippen molar-refractivity contribution < 1.29 is 14.3 Å². The summed E-state index contributed by atoms with van der Waals surface area (Å²) < 4.78 is 6.13. The molecule has 0 bridgehead atoms. The Bertz CT molecular complexity index is 1190. The summed E-state index contributed by atoms with van der Waals surface area (Å²) in [7, 11) is 0. The Hall–Kier alpha value is -2.85. The predicted octanol–water partition coefficient (Wildman–Crippen LogP) is 6.94. The third kappa shape index (κ3) is 5.75. The van der Waals surface area contributed by atoms with Crippen LogP contribution in [0.3, 0.4) is 0 Å². The van der Waals surface area contributed by atoms with E-state index in [1.165, 1.54) is 35.1 Å². The van der Waals surface area contributed by atoms with Gasteiger partial charge in [0, 0.05) is 26.1 Å². The summed E-state index contributed by atoms with van der Waals surface area (Å²) in [6, 6.07) is 18.5. The van der Waals surface area contributed by atoms with Gasteiger partial charge in [-0.2, -0.15) is 0 Å². The van der Waals surface area contributed by atoms with Crippen LogP contribution < -0.4 is 0 Å². The molecule has 0 unspecified atom stereocenters. The van der Waals surface area contributed by atoms with Crippen molar-refractivity contribution in [3.63, 3.8) is 0 Å². The van der Waals surface area contributed by atoms with Crippen LogP contribution in [-0.2, 0) is 23.8 Å². The number of carbonyl (C=O) groups excluding carboxylic acids is 1. The van der Waals surface area contributed by atoms with Crippen molar-refractivity contribution in [2.45, 2.75) is 84.1 Å². The van der Waals surface area contributed by atoms with Gasteiger partial charge < -0.3 is 14.4 Å². The summed E-state index contributed by atoms with van der Waals surface area (Å²) in [4.78, 5) is 15.2. The highest BCUT2D eigenvalue weighted by Crippen LogP contribution is 2.46. The lowest BCUT2D eigenvalue weighted by Crippen LogP contribution is -2.34. The predicted molar refractivity (Wildman–Crippen MR) is 145 cm³/mol. The van der Waals surface area contributed by atoms with E-state index in [0.29, 0.717) is 31.7 Å². The molecule has 1 N–H and O–H groups in total. The number of hydrogen-bond donors (Lipinski definition) is 1. The van der Waals surface area contributed by atoms with Crippen LogP contribution in [0.5, 0.6) is 0 Å². The summed E-state index contributed by atoms with van der Waals surface area (Å²) in [6.07, 6.45) is 4.48. The van der Waals surface area contributed by atoms with E-state index in [4.69, 9.17) is 4.42 Å². The molecule has 0 radical (unpaired) electrons. The molecular formula is C32H41NO3. The monoisotopic (exact) mass is 487 g/mol. The molecule has 1 heterocycles. The van der Waals surface area contributed by atoms with Crippen LogP contribution >= 0.6 is 0 Å². The van der Waals surface area contributed by atoms with Crippen molar-refractivity contribution >= 4 is 5.91 Å². The van der Waals surface area contributed by atoms with Gasteiger partial charge in [-0.25, -0.2) is 0 Å². The first-order valence-electron chi connectivity index (χ1n) is 13.3. The number of benzene rings is 2. The number of aliphatic hydroxyl groups excluding tert-OH is 1. The highest BCUT2D eigenvalue weighted by molar-refractivity contribution is 5.91. The number of fused-ring (bicyclic) bond motifs is 1. The molecule has 0 fully saturated rings. The first-order valence-corrected chi connectivity index (χ1v) is 13.3. The SMILES string of the molecule is Cc1cc2c(cc1Cc1ccc(C(=O)N(CCCCO)Cc3ccccc3)o1)C(C)(C)CCC2(C)C. The molecule has 0 aliphatic heterocycles. The average molecular weight is 488 g/mol. The van der Waals surface area contributed by atoms with Crippen molar-refractivity contribution in [1.29, 1.82) is 0 Å². The van der Waals surface area contributed by atoms with E-state index in [1.807, 2.05) is 47.4 Å². The molecule has 1 amide bonds. The third-order valence-electron chi connectivity index (χ3n) is 7.89. The Balaban J connectivity index is 1.55. The van der Waals surface area contributed by atoms with Gasteiger partial charge in [-0.1, -0.05) is 70.2 Å². The largest absolute Gasteiger partial charge is 0.456 e. The number of aryl methyl sites for hydroxylation is 1. The quantitative estimate of drug-likeness (QED) is 0.333. The zero-order chi connectivity index (χ0) is 25.9. The maximum Gasteiger partial charge on any atom is 0.289 e. The first-order chi connectivity index (χ1) is 17.1. The fourth-order valence-corrected chi connectivity index (χ4v) is 5.36. The van der Waals surface area contributed by atoms with Gasteiger partial charge >= 0.3 is 0 Å². The number of nitrogens with zero attached hydrogens (tertiary/aromatic N) is 1. The van der Waals surface area contributed by atoms with E-state index >= 15 is 0 Å². The Kier molecular flexibility index (Phi) is 7.75. The summed E-state index contributed by atoms with van der Waals surface area (Å²) in [5.41, 5.74) is 6.88. The molecule has 1 aromatic heterocycles. The number of hydrogen-bond acceptors (Lipinski definition) is 3. The van der Waals surface area contributed by atoms with Crippen molar-refractivity contribution in [3.05, 3.63) is 93.9 Å². The number of rotatable bonds is 9. The second-order valence-electron chi connectivity index (χ2n) is 11.7. The maximum absolute atomic E-state index is 13.4. The van der Waals surface area contributed by atoms with Gasteiger partial charge in [0.05, 0.1) is 0 Å². The second-order valence-corrected chi connectivity index (χ2v) is 11.7. The molecule has 1 aliphatic carbocycles. The normalized spacial score (nSPS) is 15.9. The van der Waals surface area contributed by atoms with Crippen LogP contribution in [0.15, 0.2) is 59.0 Å². The number of furan rings is 1. The molecule has 36 heavy (non-hydrogen) atoms. The first kappa shape index (κ1) is 26.2.